The third kappa shape index (κ3) is 5.73. The fourth-order valence-electron chi connectivity index (χ4n) is 3.50. The summed E-state index contributed by atoms with van der Waals surface area (Å²) >= 11 is 1.55. The molecule has 2 aromatic heterocycles. The molecule has 0 spiro atoms. The Bertz CT molecular complexity index is 984. The van der Waals surface area contributed by atoms with Crippen LogP contribution < -0.4 is 5.56 Å². The van der Waals surface area contributed by atoms with E-state index in [2.05, 4.69) is 14.9 Å². The predicted molar refractivity (Wildman–Crippen MR) is 118 cm³/mol. The van der Waals surface area contributed by atoms with Crippen LogP contribution in [0.3, 0.4) is 0 Å². The molecule has 0 aliphatic carbocycles. The minimum Gasteiger partial charge on any atom is -0.391 e. The van der Waals surface area contributed by atoms with Crippen molar-refractivity contribution in [1.82, 2.24) is 14.9 Å². The van der Waals surface area contributed by atoms with Crippen molar-refractivity contribution in [3.8, 4) is 0 Å². The monoisotopic (exact) mass is 415 g/mol. The molecule has 0 fully saturated rings. The number of fused-ring (bicyclic) bond motifs is 1. The highest BCUT2D eigenvalue weighted by molar-refractivity contribution is 7.18. The van der Waals surface area contributed by atoms with E-state index in [-0.39, 0.29) is 5.56 Å². The van der Waals surface area contributed by atoms with E-state index in [0.717, 1.165) is 33.8 Å². The lowest BCUT2D eigenvalue weighted by atomic mass is 10.1. The molecule has 1 aromatic carbocycles. The average molecular weight is 416 g/mol. The minimum absolute atomic E-state index is 0.0893. The lowest BCUT2D eigenvalue weighted by molar-refractivity contribution is 0.0980. The van der Waals surface area contributed by atoms with Gasteiger partial charge in [0, 0.05) is 31.7 Å². The molecule has 3 rings (SSSR count). The highest BCUT2D eigenvalue weighted by atomic mass is 32.1. The van der Waals surface area contributed by atoms with Crippen LogP contribution in [0.1, 0.15) is 28.2 Å². The number of aromatic amines is 1. The maximum absolute atomic E-state index is 12.6. The van der Waals surface area contributed by atoms with Gasteiger partial charge < -0.3 is 14.8 Å². The van der Waals surface area contributed by atoms with Gasteiger partial charge in [-0.15, -0.1) is 11.3 Å². The second-order valence-corrected chi connectivity index (χ2v) is 8.60. The smallest absolute Gasteiger partial charge is 0.259 e. The van der Waals surface area contributed by atoms with Gasteiger partial charge in [0.25, 0.3) is 5.56 Å². The summed E-state index contributed by atoms with van der Waals surface area (Å²) in [6, 6.07) is 9.97. The number of methoxy groups -OCH3 is 1. The van der Waals surface area contributed by atoms with Gasteiger partial charge in [-0.25, -0.2) is 4.98 Å². The number of rotatable bonds is 10. The van der Waals surface area contributed by atoms with E-state index < -0.39 is 6.10 Å². The largest absolute Gasteiger partial charge is 0.391 e. The van der Waals surface area contributed by atoms with Gasteiger partial charge >= 0.3 is 0 Å². The normalized spacial score (nSPS) is 12.7. The summed E-state index contributed by atoms with van der Waals surface area (Å²) in [5.41, 5.74) is 2.02. The summed E-state index contributed by atoms with van der Waals surface area (Å²) in [6.07, 6.45) is 0.938. The molecule has 0 amide bonds. The minimum atomic E-state index is -0.498. The second-order valence-electron chi connectivity index (χ2n) is 7.40. The number of aliphatic hydroxyl groups is 1. The Morgan fingerprint density at radius 3 is 2.76 bits per heavy atom. The highest BCUT2D eigenvalue weighted by Gasteiger charge is 2.16. The van der Waals surface area contributed by atoms with Crippen LogP contribution in [-0.2, 0) is 17.7 Å². The van der Waals surface area contributed by atoms with E-state index in [1.807, 2.05) is 44.2 Å². The van der Waals surface area contributed by atoms with Crippen LogP contribution in [0.25, 0.3) is 10.2 Å². The number of hydrogen-bond donors (Lipinski definition) is 2. The molecule has 0 bridgehead atoms. The van der Waals surface area contributed by atoms with Gasteiger partial charge in [0.05, 0.1) is 18.0 Å². The third-order valence-corrected chi connectivity index (χ3v) is 6.17. The molecule has 0 radical (unpaired) electrons. The molecule has 0 aliphatic rings. The van der Waals surface area contributed by atoms with Crippen LogP contribution >= 0.6 is 11.3 Å². The Labute approximate surface area is 175 Å². The van der Waals surface area contributed by atoms with Crippen molar-refractivity contribution < 1.29 is 9.84 Å². The second kappa shape index (κ2) is 10.1. The summed E-state index contributed by atoms with van der Waals surface area (Å²) < 4.78 is 5.17. The number of thiophene rings is 1. The Kier molecular flexibility index (Phi) is 7.55. The molecule has 3 aromatic rings. The molecule has 0 aliphatic heterocycles. The number of nitrogens with one attached hydrogen (secondary N) is 1. The first kappa shape index (κ1) is 21.6. The first-order chi connectivity index (χ1) is 14.0. The fraction of sp³-hybridized carbons (Fsp3) is 0.455. The van der Waals surface area contributed by atoms with E-state index in [0.29, 0.717) is 37.3 Å². The summed E-state index contributed by atoms with van der Waals surface area (Å²) in [5, 5.41) is 11.3. The maximum atomic E-state index is 12.6. The molecule has 2 N–H and O–H groups in total. The summed E-state index contributed by atoms with van der Waals surface area (Å²) in [5.74, 6) is 0.632. The lowest BCUT2D eigenvalue weighted by Crippen LogP contribution is -2.35. The fourth-order valence-corrected chi connectivity index (χ4v) is 4.55. The van der Waals surface area contributed by atoms with Crippen LogP contribution in [0.2, 0.25) is 0 Å². The topological polar surface area (TPSA) is 78.5 Å². The molecule has 1 atom stereocenters. The number of ether oxygens (including phenoxy) is 1. The number of aliphatic hydroxyl groups excluding tert-OH is 1. The number of hydrogen-bond acceptors (Lipinski definition) is 6. The zero-order chi connectivity index (χ0) is 20.8. The lowest BCUT2D eigenvalue weighted by Gasteiger charge is -2.24. The van der Waals surface area contributed by atoms with Gasteiger partial charge in [-0.1, -0.05) is 30.3 Å². The standard InChI is InChI=1S/C22H29N3O3S/c1-15-16(2)29-22-20(15)21(27)23-19(24-22)14-25(10-7-11-28-3)13-18(26)12-17-8-5-4-6-9-17/h4-6,8-9,18,26H,7,10-14H2,1-3H3,(H,23,24,27). The Hall–Kier alpha value is -2.06. The predicted octanol–water partition coefficient (Wildman–Crippen LogP) is 3.04. The van der Waals surface area contributed by atoms with Crippen molar-refractivity contribution in [2.24, 2.45) is 0 Å². The molecule has 29 heavy (non-hydrogen) atoms. The van der Waals surface area contributed by atoms with E-state index in [1.165, 1.54) is 0 Å². The summed E-state index contributed by atoms with van der Waals surface area (Å²) in [7, 11) is 1.68. The molecule has 0 saturated carbocycles. The van der Waals surface area contributed by atoms with E-state index in [1.54, 1.807) is 18.4 Å². The third-order valence-electron chi connectivity index (χ3n) is 5.07. The van der Waals surface area contributed by atoms with Crippen LogP contribution in [0, 0.1) is 13.8 Å². The Morgan fingerprint density at radius 2 is 2.03 bits per heavy atom. The van der Waals surface area contributed by atoms with Crippen molar-refractivity contribution >= 4 is 21.6 Å². The van der Waals surface area contributed by atoms with Crippen LogP contribution in [-0.4, -0.2) is 52.9 Å². The maximum Gasteiger partial charge on any atom is 0.259 e. The summed E-state index contributed by atoms with van der Waals surface area (Å²) in [4.78, 5) is 24.2. The summed E-state index contributed by atoms with van der Waals surface area (Å²) in [6.45, 7) is 6.36. The van der Waals surface area contributed by atoms with Gasteiger partial charge in [-0.2, -0.15) is 0 Å². The van der Waals surface area contributed by atoms with Crippen LogP contribution in [0.15, 0.2) is 35.1 Å². The molecule has 0 saturated heterocycles. The highest BCUT2D eigenvalue weighted by Crippen LogP contribution is 2.25. The van der Waals surface area contributed by atoms with E-state index in [4.69, 9.17) is 4.74 Å². The molecule has 2 heterocycles. The van der Waals surface area contributed by atoms with Crippen molar-refractivity contribution in [2.75, 3.05) is 26.8 Å². The molecule has 156 valence electrons. The van der Waals surface area contributed by atoms with Gasteiger partial charge in [-0.3, -0.25) is 9.69 Å². The molecule has 7 heteroatoms. The van der Waals surface area contributed by atoms with Gasteiger partial charge in [0.2, 0.25) is 0 Å². The van der Waals surface area contributed by atoms with Crippen molar-refractivity contribution in [3.05, 3.63) is 62.5 Å². The Balaban J connectivity index is 1.74. The van der Waals surface area contributed by atoms with Crippen molar-refractivity contribution in [3.63, 3.8) is 0 Å². The number of H-pyrrole nitrogens is 1. The zero-order valence-electron chi connectivity index (χ0n) is 17.3. The molecule has 6 nitrogen and oxygen atoms in total. The van der Waals surface area contributed by atoms with E-state index in [9.17, 15) is 9.90 Å². The molecular weight excluding hydrogens is 386 g/mol. The number of nitrogens with zero attached hydrogens (tertiary/aromatic N) is 2. The number of benzene rings is 1. The Morgan fingerprint density at radius 1 is 1.28 bits per heavy atom. The molecule has 1 unspecified atom stereocenters. The quantitative estimate of drug-likeness (QED) is 0.498. The zero-order valence-corrected chi connectivity index (χ0v) is 18.1. The SMILES string of the molecule is COCCCN(Cc1nc2sc(C)c(C)c2c(=O)[nH]1)CC(O)Cc1ccccc1. The van der Waals surface area contributed by atoms with Gasteiger partial charge in [0.15, 0.2) is 0 Å². The van der Waals surface area contributed by atoms with Gasteiger partial charge in [-0.05, 0) is 37.8 Å². The first-order valence-corrected chi connectivity index (χ1v) is 10.7. The van der Waals surface area contributed by atoms with Gasteiger partial charge in [0.1, 0.15) is 10.7 Å². The average Bonchev–Trinajstić information content (AvgIpc) is 2.96. The number of aromatic nitrogens is 2. The van der Waals surface area contributed by atoms with Crippen LogP contribution in [0.4, 0.5) is 0 Å². The van der Waals surface area contributed by atoms with Crippen LogP contribution in [0.5, 0.6) is 0 Å². The van der Waals surface area contributed by atoms with E-state index >= 15 is 0 Å². The van der Waals surface area contributed by atoms with Crippen molar-refractivity contribution in [2.45, 2.75) is 39.3 Å². The van der Waals surface area contributed by atoms with Crippen molar-refractivity contribution in [1.29, 1.82) is 0 Å². The first-order valence-electron chi connectivity index (χ1n) is 9.90. The molecular formula is C22H29N3O3S. The number of aryl methyl sites for hydroxylation is 2.